The lowest BCUT2D eigenvalue weighted by Gasteiger charge is -2.40. The summed E-state index contributed by atoms with van der Waals surface area (Å²) in [4.78, 5) is 28.9. The van der Waals surface area contributed by atoms with Crippen LogP contribution in [-0.2, 0) is 21.6 Å². The van der Waals surface area contributed by atoms with Crippen molar-refractivity contribution in [3.05, 3.63) is 88.4 Å². The summed E-state index contributed by atoms with van der Waals surface area (Å²) in [6, 6.07) is 19.8. The molecule has 39 heavy (non-hydrogen) atoms. The molecule has 6 rings (SSSR count). The number of nitrogens with two attached hydrogens (primary N) is 1. The molecule has 3 atom stereocenters. The second kappa shape index (κ2) is 10.00. The summed E-state index contributed by atoms with van der Waals surface area (Å²) >= 11 is 6.36. The summed E-state index contributed by atoms with van der Waals surface area (Å²) in [6.07, 6.45) is 0.306. The Labute approximate surface area is 230 Å². The minimum absolute atomic E-state index is 0.229. The van der Waals surface area contributed by atoms with Gasteiger partial charge in [-0.1, -0.05) is 48.0 Å². The maximum atomic E-state index is 14.2. The number of H-pyrrole nitrogens is 1. The van der Waals surface area contributed by atoms with E-state index < -0.39 is 23.6 Å². The molecule has 1 spiro atoms. The number of amides is 2. The smallest absolute Gasteiger partial charge is 0.422 e. The first kappa shape index (κ1) is 25.4. The molecule has 0 saturated carbocycles. The number of nitrogens with zero attached hydrogens (tertiary/aromatic N) is 2. The third-order valence-electron chi connectivity index (χ3n) is 7.64. The van der Waals surface area contributed by atoms with Crippen molar-refractivity contribution in [2.75, 3.05) is 23.7 Å². The van der Waals surface area contributed by atoms with Crippen LogP contribution in [0, 0.1) is 0 Å². The Morgan fingerprint density at radius 2 is 2.03 bits per heavy atom. The Morgan fingerprint density at radius 3 is 2.79 bits per heavy atom. The molecule has 0 aliphatic carbocycles. The number of carbonyl (C=O) groups excluding carboxylic acids is 2. The molecule has 2 unspecified atom stereocenters. The number of nitrogen functional groups attached to an aromatic ring is 1. The first-order valence-corrected chi connectivity index (χ1v) is 13.3. The second-order valence-electron chi connectivity index (χ2n) is 10.2. The van der Waals surface area contributed by atoms with E-state index in [1.54, 1.807) is 18.2 Å². The molecule has 0 bridgehead atoms. The van der Waals surface area contributed by atoms with Gasteiger partial charge >= 0.3 is 6.09 Å². The quantitative estimate of drug-likeness (QED) is 0.283. The Kier molecular flexibility index (Phi) is 6.50. The predicted molar refractivity (Wildman–Crippen MR) is 151 cm³/mol. The van der Waals surface area contributed by atoms with Gasteiger partial charge in [-0.15, -0.1) is 0 Å². The lowest BCUT2D eigenvalue weighted by atomic mass is 9.89. The Balaban J connectivity index is 1.35. The number of imide groups is 1. The molecule has 2 aliphatic rings. The summed E-state index contributed by atoms with van der Waals surface area (Å²) < 4.78 is 5.98. The zero-order valence-corrected chi connectivity index (χ0v) is 22.2. The number of hydrogen-bond donors (Lipinski definition) is 4. The van der Waals surface area contributed by atoms with Crippen LogP contribution in [0.4, 0.5) is 16.3 Å². The average Bonchev–Trinajstić information content (AvgIpc) is 3.56. The fourth-order valence-electron chi connectivity index (χ4n) is 5.58. The molecule has 3 heterocycles. The van der Waals surface area contributed by atoms with Gasteiger partial charge < -0.3 is 15.8 Å². The summed E-state index contributed by atoms with van der Waals surface area (Å²) in [5.74, 6) is 0.0406. The Hall–Kier alpha value is -3.92. The molecule has 5 N–H and O–H groups in total. The van der Waals surface area contributed by atoms with Crippen molar-refractivity contribution in [1.29, 1.82) is 0 Å². The van der Waals surface area contributed by atoms with Crippen LogP contribution in [0.15, 0.2) is 66.7 Å². The zero-order chi connectivity index (χ0) is 27.1. The van der Waals surface area contributed by atoms with Gasteiger partial charge in [0.2, 0.25) is 0 Å². The third-order valence-corrected chi connectivity index (χ3v) is 7.88. The van der Waals surface area contributed by atoms with Crippen LogP contribution >= 0.6 is 11.6 Å². The molecule has 0 radical (unpaired) electrons. The highest BCUT2D eigenvalue weighted by atomic mass is 35.5. The number of rotatable bonds is 6. The summed E-state index contributed by atoms with van der Waals surface area (Å²) in [6.45, 7) is 3.15. The summed E-state index contributed by atoms with van der Waals surface area (Å²) in [7, 11) is 0. The van der Waals surface area contributed by atoms with Crippen molar-refractivity contribution in [2.45, 2.75) is 37.5 Å². The number of ether oxygens (including phenoxy) is 1. The zero-order valence-electron chi connectivity index (χ0n) is 21.4. The van der Waals surface area contributed by atoms with E-state index in [2.05, 4.69) is 20.8 Å². The minimum atomic E-state index is -0.842. The van der Waals surface area contributed by atoms with Crippen LogP contribution in [0.1, 0.15) is 36.1 Å². The van der Waals surface area contributed by atoms with Crippen LogP contribution in [0.25, 0.3) is 10.9 Å². The molecule has 4 aromatic rings. The first-order chi connectivity index (χ1) is 18.8. The lowest BCUT2D eigenvalue weighted by molar-refractivity contribution is -0.121. The number of aromatic amines is 1. The van der Waals surface area contributed by atoms with Gasteiger partial charge in [-0.2, -0.15) is 5.10 Å². The molecule has 2 aliphatic heterocycles. The number of carbonyl (C=O) groups is 2. The van der Waals surface area contributed by atoms with E-state index in [4.69, 9.17) is 22.1 Å². The van der Waals surface area contributed by atoms with Crippen LogP contribution in [0.2, 0.25) is 5.02 Å². The Bertz CT molecular complexity index is 1550. The fraction of sp³-hybridized carbons (Fsp3) is 0.276. The van der Waals surface area contributed by atoms with E-state index in [1.807, 2.05) is 55.5 Å². The number of nitrogens with one attached hydrogen (secondary N) is 3. The standard InChI is InChI=1S/C29H29ClN6O3/c1-17(19-7-9-21-23(14-19)34-35-26(21)31)33-24(13-18-5-3-2-4-6-18)27(37)36-25-10-8-20(30)15-22(25)29(39-28(36)38)11-12-32-16-29/h2-10,14-15,17,24,32-33H,11-13,16H2,1H3,(H3,31,34,35)/t17?,24-,29?/m0/s1. The van der Waals surface area contributed by atoms with Gasteiger partial charge in [0.25, 0.3) is 5.91 Å². The summed E-state index contributed by atoms with van der Waals surface area (Å²) in [5.41, 5.74) is 9.05. The highest BCUT2D eigenvalue weighted by Crippen LogP contribution is 2.44. The van der Waals surface area contributed by atoms with Gasteiger partial charge in [0.1, 0.15) is 0 Å². The predicted octanol–water partition coefficient (Wildman–Crippen LogP) is 4.43. The van der Waals surface area contributed by atoms with E-state index in [-0.39, 0.29) is 6.04 Å². The normalized spacial score (nSPS) is 20.2. The van der Waals surface area contributed by atoms with Crippen molar-refractivity contribution in [3.63, 3.8) is 0 Å². The number of anilines is 2. The lowest BCUT2D eigenvalue weighted by Crippen LogP contribution is -2.55. The maximum Gasteiger partial charge on any atom is 0.422 e. The minimum Gasteiger partial charge on any atom is -0.436 e. The van der Waals surface area contributed by atoms with E-state index in [1.165, 1.54) is 0 Å². The van der Waals surface area contributed by atoms with Gasteiger partial charge in [-0.25, -0.2) is 9.69 Å². The van der Waals surface area contributed by atoms with Crippen molar-refractivity contribution in [3.8, 4) is 0 Å². The van der Waals surface area contributed by atoms with Crippen LogP contribution < -0.4 is 21.3 Å². The SMILES string of the molecule is CC(N[C@@H](Cc1ccccc1)C(=O)N1C(=O)OC2(CCNC2)c2cc(Cl)ccc21)c1ccc2c(N)n[nH]c2c1. The van der Waals surface area contributed by atoms with Crippen LogP contribution in [0.5, 0.6) is 0 Å². The monoisotopic (exact) mass is 544 g/mol. The van der Waals surface area contributed by atoms with Gasteiger partial charge in [-0.05, 0) is 61.3 Å². The van der Waals surface area contributed by atoms with Crippen molar-refractivity contribution < 1.29 is 14.3 Å². The van der Waals surface area contributed by atoms with Crippen molar-refractivity contribution in [2.24, 2.45) is 0 Å². The molecular formula is C29H29ClN6O3. The van der Waals surface area contributed by atoms with Gasteiger partial charge in [-0.3, -0.25) is 15.2 Å². The average molecular weight is 545 g/mol. The molecule has 200 valence electrons. The van der Waals surface area contributed by atoms with E-state index in [0.29, 0.717) is 42.5 Å². The number of aromatic nitrogens is 2. The number of fused-ring (bicyclic) bond motifs is 3. The van der Waals surface area contributed by atoms with Gasteiger partial charge in [0.05, 0.1) is 17.2 Å². The molecule has 10 heteroatoms. The second-order valence-corrected chi connectivity index (χ2v) is 10.6. The summed E-state index contributed by atoms with van der Waals surface area (Å²) in [5, 5.41) is 15.1. The Morgan fingerprint density at radius 1 is 1.21 bits per heavy atom. The molecule has 1 aromatic heterocycles. The van der Waals surface area contributed by atoms with Crippen LogP contribution in [-0.4, -0.2) is 41.3 Å². The van der Waals surface area contributed by atoms with E-state index in [0.717, 1.165) is 32.5 Å². The number of hydrogen-bond acceptors (Lipinski definition) is 7. The highest BCUT2D eigenvalue weighted by molar-refractivity contribution is 6.31. The van der Waals surface area contributed by atoms with Crippen molar-refractivity contribution >= 4 is 46.0 Å². The van der Waals surface area contributed by atoms with Gasteiger partial charge in [0.15, 0.2) is 11.4 Å². The van der Waals surface area contributed by atoms with Crippen LogP contribution in [0.3, 0.4) is 0 Å². The maximum absolute atomic E-state index is 14.2. The molecular weight excluding hydrogens is 516 g/mol. The van der Waals surface area contributed by atoms with E-state index in [9.17, 15) is 9.59 Å². The first-order valence-electron chi connectivity index (χ1n) is 13.0. The van der Waals surface area contributed by atoms with E-state index >= 15 is 0 Å². The number of benzene rings is 3. The van der Waals surface area contributed by atoms with Gasteiger partial charge in [0, 0.05) is 35.0 Å². The molecule has 9 nitrogen and oxygen atoms in total. The molecule has 1 fully saturated rings. The van der Waals surface area contributed by atoms with Crippen molar-refractivity contribution in [1.82, 2.24) is 20.8 Å². The highest BCUT2D eigenvalue weighted by Gasteiger charge is 2.49. The largest absolute Gasteiger partial charge is 0.436 e. The third kappa shape index (κ3) is 4.63. The molecule has 1 saturated heterocycles. The fourth-order valence-corrected chi connectivity index (χ4v) is 5.75. The topological polar surface area (TPSA) is 125 Å². The number of halogens is 1. The molecule has 3 aromatic carbocycles. The molecule has 2 amide bonds.